The monoisotopic (exact) mass is 365 g/mol. The lowest BCUT2D eigenvalue weighted by Crippen LogP contribution is -2.35. The topological polar surface area (TPSA) is 77.2 Å². The Labute approximate surface area is 158 Å². The van der Waals surface area contributed by atoms with E-state index < -0.39 is 0 Å². The van der Waals surface area contributed by atoms with Gasteiger partial charge in [-0.3, -0.25) is 4.79 Å². The van der Waals surface area contributed by atoms with E-state index in [9.17, 15) is 4.79 Å². The Morgan fingerprint density at radius 2 is 1.74 bits per heavy atom. The summed E-state index contributed by atoms with van der Waals surface area (Å²) in [5, 5.41) is 6.88. The van der Waals surface area contributed by atoms with Crippen molar-refractivity contribution in [2.75, 3.05) is 13.7 Å². The van der Waals surface area contributed by atoms with E-state index >= 15 is 0 Å². The smallest absolute Gasteiger partial charge is 0.227 e. The van der Waals surface area contributed by atoms with Crippen molar-refractivity contribution in [3.8, 4) is 22.5 Å². The summed E-state index contributed by atoms with van der Waals surface area (Å²) in [5.74, 6) is 0.913. The van der Waals surface area contributed by atoms with Gasteiger partial charge in [0.1, 0.15) is 0 Å². The molecule has 6 nitrogen and oxygen atoms in total. The van der Waals surface area contributed by atoms with E-state index in [1.807, 2.05) is 49.4 Å². The number of hydrogen-bond donors (Lipinski definition) is 1. The lowest BCUT2D eigenvalue weighted by atomic mass is 10.0. The summed E-state index contributed by atoms with van der Waals surface area (Å²) in [6.45, 7) is 2.38. The molecule has 3 rings (SSSR count). The number of aryl methyl sites for hydroxylation is 1. The molecule has 140 valence electrons. The van der Waals surface area contributed by atoms with Crippen molar-refractivity contribution in [3.05, 3.63) is 60.5 Å². The number of rotatable bonds is 8. The Bertz CT molecular complexity index is 860. The van der Waals surface area contributed by atoms with Gasteiger partial charge in [-0.05, 0) is 18.1 Å². The summed E-state index contributed by atoms with van der Waals surface area (Å²) in [6, 6.07) is 18.1. The molecule has 0 spiro atoms. The minimum Gasteiger partial charge on any atom is -0.383 e. The maximum absolute atomic E-state index is 11.9. The van der Waals surface area contributed by atoms with Crippen LogP contribution in [0.3, 0.4) is 0 Å². The number of benzene rings is 2. The van der Waals surface area contributed by atoms with Crippen LogP contribution >= 0.6 is 0 Å². The molecule has 0 bridgehead atoms. The van der Waals surface area contributed by atoms with Crippen molar-refractivity contribution < 1.29 is 14.1 Å². The van der Waals surface area contributed by atoms with Crippen LogP contribution in [0.25, 0.3) is 22.5 Å². The zero-order valence-corrected chi connectivity index (χ0v) is 15.5. The molecule has 0 saturated carbocycles. The maximum atomic E-state index is 11.9. The fraction of sp³-hybridized carbons (Fsp3) is 0.286. The fourth-order valence-electron chi connectivity index (χ4n) is 2.78. The molecule has 0 radical (unpaired) electrons. The molecule has 0 aliphatic heterocycles. The zero-order chi connectivity index (χ0) is 19.1. The van der Waals surface area contributed by atoms with Gasteiger partial charge in [-0.1, -0.05) is 59.8 Å². The van der Waals surface area contributed by atoms with Crippen LogP contribution in [-0.2, 0) is 16.0 Å². The molecule has 2 aromatic carbocycles. The molecule has 0 aliphatic carbocycles. The van der Waals surface area contributed by atoms with E-state index in [0.717, 1.165) is 16.7 Å². The second-order valence-corrected chi connectivity index (χ2v) is 6.38. The van der Waals surface area contributed by atoms with E-state index in [4.69, 9.17) is 9.26 Å². The summed E-state index contributed by atoms with van der Waals surface area (Å²) in [4.78, 5) is 16.3. The first kappa shape index (κ1) is 18.8. The highest BCUT2D eigenvalue weighted by molar-refractivity contribution is 5.76. The third kappa shape index (κ3) is 5.24. The van der Waals surface area contributed by atoms with Crippen LogP contribution in [0.4, 0.5) is 0 Å². The Hall–Kier alpha value is -2.99. The lowest BCUT2D eigenvalue weighted by molar-refractivity contribution is -0.122. The van der Waals surface area contributed by atoms with Crippen molar-refractivity contribution in [2.24, 2.45) is 0 Å². The SMILES string of the molecule is COCC(C)NC(=O)CCc1nc(-c2ccc(-c3ccccc3)cc2)no1. The van der Waals surface area contributed by atoms with Crippen molar-refractivity contribution in [3.63, 3.8) is 0 Å². The zero-order valence-electron chi connectivity index (χ0n) is 15.5. The van der Waals surface area contributed by atoms with Crippen molar-refractivity contribution in [1.82, 2.24) is 15.5 Å². The second kappa shape index (κ2) is 9.09. The largest absolute Gasteiger partial charge is 0.383 e. The summed E-state index contributed by atoms with van der Waals surface area (Å²) >= 11 is 0. The van der Waals surface area contributed by atoms with Gasteiger partial charge in [-0.15, -0.1) is 0 Å². The van der Waals surface area contributed by atoms with E-state index in [2.05, 4.69) is 27.6 Å². The lowest BCUT2D eigenvalue weighted by Gasteiger charge is -2.11. The Morgan fingerprint density at radius 1 is 1.07 bits per heavy atom. The number of nitrogens with zero attached hydrogens (tertiary/aromatic N) is 2. The number of aromatic nitrogens is 2. The Morgan fingerprint density at radius 3 is 2.44 bits per heavy atom. The van der Waals surface area contributed by atoms with Crippen LogP contribution in [0.5, 0.6) is 0 Å². The molecule has 1 unspecified atom stereocenters. The van der Waals surface area contributed by atoms with Gasteiger partial charge in [0.2, 0.25) is 17.6 Å². The van der Waals surface area contributed by atoms with Crippen molar-refractivity contribution in [1.29, 1.82) is 0 Å². The second-order valence-electron chi connectivity index (χ2n) is 6.38. The third-order valence-corrected chi connectivity index (χ3v) is 4.11. The fourth-order valence-corrected chi connectivity index (χ4v) is 2.78. The molecule has 1 atom stereocenters. The summed E-state index contributed by atoms with van der Waals surface area (Å²) in [6.07, 6.45) is 0.698. The molecule has 0 saturated heterocycles. The predicted molar refractivity (Wildman–Crippen MR) is 103 cm³/mol. The van der Waals surface area contributed by atoms with Crippen LogP contribution in [0.15, 0.2) is 59.1 Å². The van der Waals surface area contributed by atoms with Gasteiger partial charge in [-0.25, -0.2) is 0 Å². The van der Waals surface area contributed by atoms with Gasteiger partial charge >= 0.3 is 0 Å². The summed E-state index contributed by atoms with van der Waals surface area (Å²) in [5.41, 5.74) is 3.17. The van der Waals surface area contributed by atoms with Gasteiger partial charge in [-0.2, -0.15) is 4.98 Å². The average molecular weight is 365 g/mol. The number of hydrogen-bond acceptors (Lipinski definition) is 5. The van der Waals surface area contributed by atoms with E-state index in [0.29, 0.717) is 31.2 Å². The van der Waals surface area contributed by atoms with Crippen molar-refractivity contribution in [2.45, 2.75) is 25.8 Å². The maximum Gasteiger partial charge on any atom is 0.227 e. The summed E-state index contributed by atoms with van der Waals surface area (Å²) in [7, 11) is 1.61. The molecular weight excluding hydrogens is 342 g/mol. The van der Waals surface area contributed by atoms with Crippen LogP contribution in [0.2, 0.25) is 0 Å². The number of carbonyl (C=O) groups is 1. The van der Waals surface area contributed by atoms with E-state index in [-0.39, 0.29) is 11.9 Å². The molecule has 1 N–H and O–H groups in total. The molecule has 3 aromatic rings. The number of carbonyl (C=O) groups excluding carboxylic acids is 1. The first-order chi connectivity index (χ1) is 13.2. The Kier molecular flexibility index (Phi) is 6.33. The molecule has 0 fully saturated rings. The number of nitrogens with one attached hydrogen (secondary N) is 1. The molecule has 1 amide bonds. The highest BCUT2D eigenvalue weighted by Gasteiger charge is 2.12. The molecule has 27 heavy (non-hydrogen) atoms. The highest BCUT2D eigenvalue weighted by atomic mass is 16.5. The predicted octanol–water partition coefficient (Wildman–Crippen LogP) is 3.49. The highest BCUT2D eigenvalue weighted by Crippen LogP contribution is 2.23. The first-order valence-corrected chi connectivity index (χ1v) is 8.92. The minimum atomic E-state index is -0.0634. The normalized spacial score (nSPS) is 11.9. The minimum absolute atomic E-state index is 0.0242. The summed E-state index contributed by atoms with van der Waals surface area (Å²) < 4.78 is 10.3. The number of ether oxygens (including phenoxy) is 1. The van der Waals surface area contributed by atoms with Gasteiger partial charge in [0.25, 0.3) is 0 Å². The molecule has 1 heterocycles. The van der Waals surface area contributed by atoms with Gasteiger partial charge in [0.15, 0.2) is 0 Å². The van der Waals surface area contributed by atoms with Crippen LogP contribution in [0.1, 0.15) is 19.2 Å². The van der Waals surface area contributed by atoms with Gasteiger partial charge < -0.3 is 14.6 Å². The third-order valence-electron chi connectivity index (χ3n) is 4.11. The van der Waals surface area contributed by atoms with Gasteiger partial charge in [0.05, 0.1) is 6.61 Å². The Balaban J connectivity index is 1.58. The van der Waals surface area contributed by atoms with Crippen LogP contribution < -0.4 is 5.32 Å². The molecule has 0 aliphatic rings. The number of methoxy groups -OCH3 is 1. The van der Waals surface area contributed by atoms with Gasteiger partial charge in [0, 0.05) is 31.6 Å². The molecule has 1 aromatic heterocycles. The standard InChI is InChI=1S/C21H23N3O3/c1-15(14-26-2)22-19(25)12-13-20-23-21(24-27-20)18-10-8-17(9-11-18)16-6-4-3-5-7-16/h3-11,15H,12-14H2,1-2H3,(H,22,25). The first-order valence-electron chi connectivity index (χ1n) is 8.92. The van der Waals surface area contributed by atoms with Crippen LogP contribution in [-0.4, -0.2) is 35.8 Å². The average Bonchev–Trinajstić information content (AvgIpc) is 3.16. The van der Waals surface area contributed by atoms with Crippen molar-refractivity contribution >= 4 is 5.91 Å². The van der Waals surface area contributed by atoms with E-state index in [1.165, 1.54) is 0 Å². The number of amides is 1. The quantitative estimate of drug-likeness (QED) is 0.661. The molecule has 6 heteroatoms. The molecular formula is C21H23N3O3. The van der Waals surface area contributed by atoms with E-state index in [1.54, 1.807) is 7.11 Å². The van der Waals surface area contributed by atoms with Crippen LogP contribution in [0, 0.1) is 0 Å².